The predicted octanol–water partition coefficient (Wildman–Crippen LogP) is 2.43. The molecule has 0 bridgehead atoms. The van der Waals surface area contributed by atoms with Crippen molar-refractivity contribution in [2.45, 2.75) is 130 Å². The molecule has 7 atom stereocenters. The first-order valence-electron chi connectivity index (χ1n) is 18.9. The van der Waals surface area contributed by atoms with Crippen LogP contribution in [-0.4, -0.2) is 104 Å². The highest BCUT2D eigenvalue weighted by Gasteiger charge is 2.52. The molecule has 3 fully saturated rings. The van der Waals surface area contributed by atoms with Crippen LogP contribution in [0, 0.1) is 34.5 Å². The van der Waals surface area contributed by atoms with Gasteiger partial charge in [0.05, 0.1) is 38.6 Å². The normalized spacial score (nSPS) is 22.0. The number of alkyl carbamates (subject to hydrolysis) is 1. The number of amides is 5. The van der Waals surface area contributed by atoms with Crippen LogP contribution < -0.4 is 21.3 Å². The summed E-state index contributed by atoms with van der Waals surface area (Å²) in [5.74, 6) is -6.02. The predicted molar refractivity (Wildman–Crippen MR) is 194 cm³/mol. The number of carbonyl (C=O) groups excluding carboxylic acids is 8. The van der Waals surface area contributed by atoms with Gasteiger partial charge in [-0.25, -0.2) is 4.79 Å². The van der Waals surface area contributed by atoms with Crippen molar-refractivity contribution < 1.29 is 47.8 Å². The van der Waals surface area contributed by atoms with E-state index < -0.39 is 82.1 Å². The first kappa shape index (κ1) is 43.4. The van der Waals surface area contributed by atoms with E-state index in [4.69, 9.17) is 4.74 Å². The van der Waals surface area contributed by atoms with E-state index in [-0.39, 0.29) is 49.6 Å². The zero-order valence-corrected chi connectivity index (χ0v) is 32.9. The average Bonchev–Trinajstić information content (AvgIpc) is 3.65. The Balaban J connectivity index is 1.86. The molecule has 0 spiro atoms. The fourth-order valence-corrected chi connectivity index (χ4v) is 7.47. The third-order valence-electron chi connectivity index (χ3n) is 10.7. The lowest BCUT2D eigenvalue weighted by molar-refractivity contribution is -0.148. The van der Waals surface area contributed by atoms with Gasteiger partial charge in [-0.3, -0.25) is 33.6 Å². The van der Waals surface area contributed by atoms with E-state index in [1.165, 1.54) is 7.11 Å². The van der Waals surface area contributed by atoms with Crippen LogP contribution in [0.5, 0.6) is 0 Å². The molecule has 0 radical (unpaired) electrons. The summed E-state index contributed by atoms with van der Waals surface area (Å²) in [4.78, 5) is 108. The fraction of sp³-hybridized carbons (Fsp3) is 0.789. The van der Waals surface area contributed by atoms with Gasteiger partial charge in [0.2, 0.25) is 23.5 Å². The van der Waals surface area contributed by atoms with Crippen molar-refractivity contribution in [3.05, 3.63) is 0 Å². The summed E-state index contributed by atoms with van der Waals surface area (Å²) < 4.78 is 9.33. The minimum absolute atomic E-state index is 0.0141. The van der Waals surface area contributed by atoms with E-state index in [1.807, 2.05) is 27.7 Å². The van der Waals surface area contributed by atoms with Crippen molar-refractivity contribution in [2.75, 3.05) is 27.3 Å². The van der Waals surface area contributed by atoms with Crippen LogP contribution in [0.3, 0.4) is 0 Å². The number of ketones is 2. The Labute approximate surface area is 313 Å². The Morgan fingerprint density at radius 2 is 1.49 bits per heavy atom. The molecule has 0 aromatic carbocycles. The minimum Gasteiger partial charge on any atom is -0.469 e. The van der Waals surface area contributed by atoms with Gasteiger partial charge in [-0.05, 0) is 54.8 Å². The zero-order valence-electron chi connectivity index (χ0n) is 32.9. The third-order valence-corrected chi connectivity index (χ3v) is 10.7. The van der Waals surface area contributed by atoms with E-state index in [9.17, 15) is 38.4 Å². The monoisotopic (exact) mass is 747 g/mol. The minimum atomic E-state index is -1.08. The number of rotatable bonds is 17. The van der Waals surface area contributed by atoms with Gasteiger partial charge in [0.1, 0.15) is 6.04 Å². The second kappa shape index (κ2) is 18.3. The van der Waals surface area contributed by atoms with E-state index in [0.29, 0.717) is 13.0 Å². The Morgan fingerprint density at radius 1 is 0.830 bits per heavy atom. The maximum Gasteiger partial charge on any atom is 0.406 e. The van der Waals surface area contributed by atoms with Crippen molar-refractivity contribution in [1.82, 2.24) is 26.2 Å². The molecule has 3 aliphatic rings. The van der Waals surface area contributed by atoms with E-state index in [0.717, 1.165) is 39.2 Å². The molecule has 0 aromatic rings. The molecule has 2 aliphatic carbocycles. The largest absolute Gasteiger partial charge is 0.469 e. The molecule has 1 saturated heterocycles. The fourth-order valence-electron chi connectivity index (χ4n) is 7.47. The van der Waals surface area contributed by atoms with Gasteiger partial charge in [-0.1, -0.05) is 61.3 Å². The molecule has 0 unspecified atom stereocenters. The quantitative estimate of drug-likeness (QED) is 0.126. The zero-order chi connectivity index (χ0) is 39.8. The van der Waals surface area contributed by atoms with Crippen molar-refractivity contribution >= 4 is 47.3 Å². The molecule has 5 amide bonds. The molecule has 53 heavy (non-hydrogen) atoms. The van der Waals surface area contributed by atoms with Crippen LogP contribution in [0.4, 0.5) is 4.79 Å². The van der Waals surface area contributed by atoms with Gasteiger partial charge in [0.25, 0.3) is 5.91 Å². The van der Waals surface area contributed by atoms with E-state index in [2.05, 4.69) is 26.0 Å². The summed E-state index contributed by atoms with van der Waals surface area (Å²) in [5.41, 5.74) is -1.55. The van der Waals surface area contributed by atoms with Gasteiger partial charge in [-0.2, -0.15) is 0 Å². The lowest BCUT2D eigenvalue weighted by Crippen LogP contribution is -2.57. The summed E-state index contributed by atoms with van der Waals surface area (Å²) in [6.07, 6.45) is 3.53. The SMILES string of the molecule is CCC[C@H](NC(=O)[C@@H]1[C@H]2CCC[C@H]2CN1C(=O)[C@@H](CC(=O)[C@@H](NC(=O)[C@H](CNC(=O)OC)CC(=O)OC)C(C)(C)C)C(C)(C)C)C(=O)C(=O)NC1CC1. The Hall–Kier alpha value is -4.04. The van der Waals surface area contributed by atoms with Gasteiger partial charge in [0, 0.05) is 31.5 Å². The standard InChI is InChI=1S/C38H61N5O10/c1-10-12-26(30(46)34(49)40-23-15-16-23)41-33(48)29-24-14-11-13-21(24)20-43(29)35(50)25(37(2,3)4)18-27(44)31(38(5,6)7)42-32(47)22(17-28(45)52-8)19-39-36(51)53-9/h21-26,29,31H,10-20H2,1-9H3,(H,39,51)(H,40,49)(H,41,48)(H,42,47)/t21-,22-,24-,25+,26-,29-,31+/m0/s1. The van der Waals surface area contributed by atoms with Crippen LogP contribution in [0.2, 0.25) is 0 Å². The molecule has 0 aromatic heterocycles. The number of hydrogen-bond acceptors (Lipinski definition) is 10. The van der Waals surface area contributed by atoms with Crippen molar-refractivity contribution in [3.8, 4) is 0 Å². The number of methoxy groups -OCH3 is 2. The van der Waals surface area contributed by atoms with Crippen molar-refractivity contribution in [3.63, 3.8) is 0 Å². The smallest absolute Gasteiger partial charge is 0.406 e. The molecule has 4 N–H and O–H groups in total. The number of esters is 1. The maximum absolute atomic E-state index is 14.7. The summed E-state index contributed by atoms with van der Waals surface area (Å²) in [7, 11) is 2.34. The second-order valence-electron chi connectivity index (χ2n) is 17.0. The number of likely N-dealkylation sites (tertiary alicyclic amines) is 1. The highest BCUT2D eigenvalue weighted by molar-refractivity contribution is 6.38. The van der Waals surface area contributed by atoms with Gasteiger partial charge >= 0.3 is 12.1 Å². The topological polar surface area (TPSA) is 206 Å². The molecule has 298 valence electrons. The average molecular weight is 748 g/mol. The Bertz CT molecular complexity index is 1400. The third kappa shape index (κ3) is 11.7. The highest BCUT2D eigenvalue weighted by Crippen LogP contribution is 2.44. The van der Waals surface area contributed by atoms with Crippen LogP contribution >= 0.6 is 0 Å². The number of Topliss-reactive ketones (excluding diaryl/α,β-unsaturated/α-hetero) is 2. The molecule has 15 nitrogen and oxygen atoms in total. The van der Waals surface area contributed by atoms with Crippen LogP contribution in [0.15, 0.2) is 0 Å². The number of hydrogen-bond donors (Lipinski definition) is 4. The van der Waals surface area contributed by atoms with E-state index in [1.54, 1.807) is 25.7 Å². The van der Waals surface area contributed by atoms with Gasteiger partial charge < -0.3 is 35.6 Å². The molecule has 1 aliphatic heterocycles. The Morgan fingerprint density at radius 3 is 2.04 bits per heavy atom. The highest BCUT2D eigenvalue weighted by atomic mass is 16.5. The van der Waals surface area contributed by atoms with Crippen molar-refractivity contribution in [1.29, 1.82) is 0 Å². The van der Waals surface area contributed by atoms with Crippen molar-refractivity contribution in [2.24, 2.45) is 34.5 Å². The van der Waals surface area contributed by atoms with Crippen LogP contribution in [0.1, 0.15) is 106 Å². The molecule has 1 heterocycles. The summed E-state index contributed by atoms with van der Waals surface area (Å²) in [6.45, 7) is 12.8. The number of fused-ring (bicyclic) bond motifs is 1. The molecular weight excluding hydrogens is 686 g/mol. The number of nitrogens with one attached hydrogen (secondary N) is 4. The number of nitrogens with zero attached hydrogens (tertiary/aromatic N) is 1. The molecule has 2 saturated carbocycles. The van der Waals surface area contributed by atoms with Gasteiger partial charge in [-0.15, -0.1) is 0 Å². The number of ether oxygens (including phenoxy) is 2. The number of carbonyl (C=O) groups is 8. The molecular formula is C38H61N5O10. The maximum atomic E-state index is 14.7. The lowest BCUT2D eigenvalue weighted by atomic mass is 9.73. The Kier molecular flexibility index (Phi) is 15.0. The van der Waals surface area contributed by atoms with Crippen LogP contribution in [0.25, 0.3) is 0 Å². The summed E-state index contributed by atoms with van der Waals surface area (Å²) in [5, 5.41) is 10.7. The lowest BCUT2D eigenvalue weighted by Gasteiger charge is -2.38. The first-order valence-corrected chi connectivity index (χ1v) is 18.9. The van der Waals surface area contributed by atoms with E-state index >= 15 is 0 Å². The van der Waals surface area contributed by atoms with Crippen LogP contribution in [-0.2, 0) is 43.0 Å². The van der Waals surface area contributed by atoms with Gasteiger partial charge in [0.15, 0.2) is 5.78 Å². The summed E-state index contributed by atoms with van der Waals surface area (Å²) in [6, 6.07) is -2.98. The molecule has 15 heteroatoms. The first-order chi connectivity index (χ1) is 24.7. The second-order valence-corrected chi connectivity index (χ2v) is 17.0. The molecule has 3 rings (SSSR count). The summed E-state index contributed by atoms with van der Waals surface area (Å²) >= 11 is 0.